The molecule has 1 aromatic rings. The van der Waals surface area contributed by atoms with Gasteiger partial charge in [0, 0.05) is 24.7 Å². The maximum absolute atomic E-state index is 12.5. The van der Waals surface area contributed by atoms with E-state index < -0.39 is 38.1 Å². The number of hydrogen-bond acceptors (Lipinski definition) is 5. The van der Waals surface area contributed by atoms with Crippen LogP contribution in [0.1, 0.15) is 44.0 Å². The molecule has 1 N–H and O–H groups in total. The number of sulfone groups is 1. The van der Waals surface area contributed by atoms with Gasteiger partial charge in [-0.05, 0) is 57.9 Å². The molecule has 0 aromatic heterocycles. The number of piperidine rings is 1. The van der Waals surface area contributed by atoms with E-state index >= 15 is 0 Å². The summed E-state index contributed by atoms with van der Waals surface area (Å²) in [5.41, 5.74) is -0.408. The first-order valence-corrected chi connectivity index (χ1v) is 10.4. The highest BCUT2D eigenvalue weighted by Crippen LogP contribution is 2.19. The van der Waals surface area contributed by atoms with Gasteiger partial charge in [0.05, 0.1) is 4.90 Å². The van der Waals surface area contributed by atoms with Crippen LogP contribution >= 0.6 is 0 Å². The van der Waals surface area contributed by atoms with E-state index in [1.165, 1.54) is 12.1 Å². The molecule has 1 aliphatic heterocycles. The summed E-state index contributed by atoms with van der Waals surface area (Å²) in [5, 5.41) is 2.81. The third kappa shape index (κ3) is 5.63. The average Bonchev–Trinajstić information content (AvgIpc) is 2.60. The monoisotopic (exact) mass is 418 g/mol. The highest BCUT2D eigenvalue weighted by atomic mass is 32.2. The van der Waals surface area contributed by atoms with Gasteiger partial charge in [0.25, 0.3) is 5.91 Å². The van der Waals surface area contributed by atoms with Crippen molar-refractivity contribution in [1.29, 1.82) is 0 Å². The Labute approximate surface area is 163 Å². The fraction of sp³-hybridized carbons (Fsp3) is 0.556. The summed E-state index contributed by atoms with van der Waals surface area (Å²) in [5.74, 6) is -3.95. The molecule has 0 aliphatic carbocycles. The molecule has 0 unspecified atom stereocenters. The van der Waals surface area contributed by atoms with Crippen LogP contribution in [0.2, 0.25) is 0 Å². The minimum absolute atomic E-state index is 0.157. The van der Waals surface area contributed by atoms with E-state index in [0.717, 1.165) is 12.1 Å². The lowest BCUT2D eigenvalue weighted by Crippen LogP contribution is -2.47. The molecular formula is C18H24F2N2O5S. The largest absolute Gasteiger partial charge is 0.444 e. The number of rotatable bonds is 4. The van der Waals surface area contributed by atoms with Gasteiger partial charge in [0.15, 0.2) is 0 Å². The van der Waals surface area contributed by atoms with Gasteiger partial charge >= 0.3 is 11.9 Å². The van der Waals surface area contributed by atoms with Crippen molar-refractivity contribution < 1.29 is 31.5 Å². The van der Waals surface area contributed by atoms with Crippen molar-refractivity contribution in [1.82, 2.24) is 10.2 Å². The summed E-state index contributed by atoms with van der Waals surface area (Å²) in [6.07, 6.45) is 0.694. The molecule has 10 heteroatoms. The quantitative estimate of drug-likeness (QED) is 0.812. The lowest BCUT2D eigenvalue weighted by Gasteiger charge is -2.33. The number of halogens is 2. The van der Waals surface area contributed by atoms with Crippen LogP contribution in [0.25, 0.3) is 0 Å². The summed E-state index contributed by atoms with van der Waals surface area (Å²) >= 11 is 0. The predicted molar refractivity (Wildman–Crippen MR) is 97.9 cm³/mol. The van der Waals surface area contributed by atoms with Crippen LogP contribution in [0, 0.1) is 0 Å². The molecule has 1 aliphatic rings. The van der Waals surface area contributed by atoms with E-state index in [-0.39, 0.29) is 11.6 Å². The Morgan fingerprint density at radius 3 is 2.14 bits per heavy atom. The lowest BCUT2D eigenvalue weighted by atomic mass is 10.0. The molecule has 156 valence electrons. The number of alkyl halides is 2. The Morgan fingerprint density at radius 1 is 1.14 bits per heavy atom. The first-order valence-electron chi connectivity index (χ1n) is 8.81. The van der Waals surface area contributed by atoms with Crippen LogP contribution in [0.4, 0.5) is 13.6 Å². The van der Waals surface area contributed by atoms with Crippen molar-refractivity contribution in [2.75, 3.05) is 13.1 Å². The van der Waals surface area contributed by atoms with Gasteiger partial charge in [0.1, 0.15) is 5.60 Å². The van der Waals surface area contributed by atoms with E-state index in [2.05, 4.69) is 5.32 Å². The number of ether oxygens (including phenoxy) is 1. The number of likely N-dealkylation sites (tertiary alicyclic amines) is 1. The Hall–Kier alpha value is -2.23. The number of benzene rings is 1. The number of nitrogens with zero attached hydrogens (tertiary/aromatic N) is 1. The van der Waals surface area contributed by atoms with Crippen LogP contribution < -0.4 is 5.32 Å². The summed E-state index contributed by atoms with van der Waals surface area (Å²) < 4.78 is 53.2. The summed E-state index contributed by atoms with van der Waals surface area (Å²) in [6.45, 7) is 6.23. The molecule has 2 rings (SSSR count). The van der Waals surface area contributed by atoms with E-state index in [0.29, 0.717) is 25.9 Å². The minimum Gasteiger partial charge on any atom is -0.444 e. The van der Waals surface area contributed by atoms with Gasteiger partial charge in [-0.25, -0.2) is 13.2 Å². The smallest absolute Gasteiger partial charge is 0.410 e. The van der Waals surface area contributed by atoms with Crippen molar-refractivity contribution >= 4 is 21.8 Å². The second kappa shape index (κ2) is 8.42. The van der Waals surface area contributed by atoms with Crippen LogP contribution in [0.5, 0.6) is 0 Å². The zero-order valence-electron chi connectivity index (χ0n) is 15.9. The number of carbonyl (C=O) groups is 2. The third-order valence-electron chi connectivity index (χ3n) is 4.16. The molecule has 0 bridgehead atoms. The van der Waals surface area contributed by atoms with Crippen molar-refractivity contribution in [2.24, 2.45) is 0 Å². The molecule has 1 heterocycles. The fourth-order valence-corrected chi connectivity index (χ4v) is 3.42. The zero-order valence-corrected chi connectivity index (χ0v) is 16.8. The van der Waals surface area contributed by atoms with Gasteiger partial charge < -0.3 is 15.0 Å². The molecule has 0 radical (unpaired) electrons. The van der Waals surface area contributed by atoms with Crippen molar-refractivity contribution in [2.45, 2.75) is 55.9 Å². The van der Waals surface area contributed by atoms with Crippen LogP contribution in [-0.2, 0) is 14.6 Å². The molecular weight excluding hydrogens is 394 g/mol. The van der Waals surface area contributed by atoms with E-state index in [1.807, 2.05) is 0 Å². The van der Waals surface area contributed by atoms with E-state index in [4.69, 9.17) is 4.74 Å². The molecule has 1 fully saturated rings. The predicted octanol–water partition coefficient (Wildman–Crippen LogP) is 2.81. The molecule has 2 amide bonds. The lowest BCUT2D eigenvalue weighted by molar-refractivity contribution is 0.0199. The van der Waals surface area contributed by atoms with Crippen LogP contribution in [0.3, 0.4) is 0 Å². The molecule has 7 nitrogen and oxygen atoms in total. The number of amides is 2. The SMILES string of the molecule is CC(C)(C)OC(=O)N1CCC(NC(=O)c2ccc(S(=O)(=O)C(F)F)cc2)CC1. The Morgan fingerprint density at radius 2 is 1.68 bits per heavy atom. The molecule has 0 saturated carbocycles. The van der Waals surface area contributed by atoms with E-state index in [1.54, 1.807) is 25.7 Å². The number of carbonyl (C=O) groups excluding carboxylic acids is 2. The highest BCUT2D eigenvalue weighted by molar-refractivity contribution is 7.91. The van der Waals surface area contributed by atoms with Gasteiger partial charge in [-0.15, -0.1) is 0 Å². The maximum atomic E-state index is 12.5. The summed E-state index contributed by atoms with van der Waals surface area (Å²) in [6, 6.07) is 4.21. The average molecular weight is 418 g/mol. The third-order valence-corrected chi connectivity index (χ3v) is 5.56. The molecule has 0 spiro atoms. The van der Waals surface area contributed by atoms with Crippen LogP contribution in [-0.4, -0.2) is 55.8 Å². The first-order chi connectivity index (χ1) is 12.9. The van der Waals surface area contributed by atoms with E-state index in [9.17, 15) is 26.8 Å². The topological polar surface area (TPSA) is 92.8 Å². The Bertz CT molecular complexity index is 811. The molecule has 1 aromatic carbocycles. The van der Waals surface area contributed by atoms with Crippen molar-refractivity contribution in [3.05, 3.63) is 29.8 Å². The van der Waals surface area contributed by atoms with Gasteiger partial charge in [0.2, 0.25) is 9.84 Å². The standard InChI is InChI=1S/C18H24F2N2O5S/c1-18(2,3)27-17(24)22-10-8-13(9-11-22)21-15(23)12-4-6-14(7-5-12)28(25,26)16(19)20/h4-7,13,16H,8-11H2,1-3H3,(H,21,23). The van der Waals surface area contributed by atoms with Gasteiger partial charge in [-0.3, -0.25) is 4.79 Å². The second-order valence-corrected chi connectivity index (χ2v) is 9.46. The first kappa shape index (κ1) is 22.1. The molecule has 0 atom stereocenters. The van der Waals surface area contributed by atoms with Gasteiger partial charge in [-0.2, -0.15) is 8.78 Å². The van der Waals surface area contributed by atoms with Crippen molar-refractivity contribution in [3.8, 4) is 0 Å². The number of nitrogens with one attached hydrogen (secondary N) is 1. The molecule has 28 heavy (non-hydrogen) atoms. The highest BCUT2D eigenvalue weighted by Gasteiger charge is 2.28. The van der Waals surface area contributed by atoms with Crippen molar-refractivity contribution in [3.63, 3.8) is 0 Å². The minimum atomic E-state index is -4.69. The summed E-state index contributed by atoms with van der Waals surface area (Å²) in [7, 11) is -4.69. The van der Waals surface area contributed by atoms with Crippen LogP contribution in [0.15, 0.2) is 29.2 Å². The summed E-state index contributed by atoms with van der Waals surface area (Å²) in [4.78, 5) is 25.4. The maximum Gasteiger partial charge on any atom is 0.410 e. The Kier molecular flexibility index (Phi) is 6.63. The normalized spacial score (nSPS) is 16.1. The van der Waals surface area contributed by atoms with Gasteiger partial charge in [-0.1, -0.05) is 0 Å². The fourth-order valence-electron chi connectivity index (χ4n) is 2.70. The zero-order chi connectivity index (χ0) is 21.1. The second-order valence-electron chi connectivity index (χ2n) is 7.55. The molecule has 1 saturated heterocycles. The number of hydrogen-bond donors (Lipinski definition) is 1. The Balaban J connectivity index is 1.90.